The fourth-order valence-corrected chi connectivity index (χ4v) is 4.80. The first-order valence-electron chi connectivity index (χ1n) is 13.1. The van der Waals surface area contributed by atoms with E-state index in [0.717, 1.165) is 55.1 Å². The molecule has 0 bridgehead atoms. The maximum absolute atomic E-state index is 11.8. The van der Waals surface area contributed by atoms with E-state index in [1.807, 2.05) is 50.2 Å². The summed E-state index contributed by atoms with van der Waals surface area (Å²) in [6.07, 6.45) is 11.2. The van der Waals surface area contributed by atoms with Crippen LogP contribution in [-0.4, -0.2) is 66.9 Å². The third-order valence-electron chi connectivity index (χ3n) is 6.63. The first-order chi connectivity index (χ1) is 18.2. The quantitative estimate of drug-likeness (QED) is 0.364. The Kier molecular flexibility index (Phi) is 7.33. The molecule has 2 N–H and O–H groups in total. The molecule has 1 saturated heterocycles. The van der Waals surface area contributed by atoms with Gasteiger partial charge in [-0.2, -0.15) is 5.10 Å². The molecule has 10 nitrogen and oxygen atoms in total. The van der Waals surface area contributed by atoms with Crippen LogP contribution in [0.2, 0.25) is 0 Å². The monoisotopic (exact) mass is 516 g/mol. The number of imidazole rings is 1. The second-order valence-corrected chi connectivity index (χ2v) is 10.8. The standard InChI is InChI=1S/C28H36N8O2/c1-20-6-5-7-21(16-20)24-18-31-25(26-29-11-15-35(24)26)33-22-17-32-36(19-22)23-8-12-34(13-9-23)14-10-30-27(37)38-28(2,3)4/h5-7,11,15-19,23H,8-10,12-14H2,1-4H3,(H,30,37)(H,31,33). The van der Waals surface area contributed by atoms with Crippen molar-refractivity contribution >= 4 is 23.2 Å². The van der Waals surface area contributed by atoms with E-state index < -0.39 is 5.60 Å². The van der Waals surface area contributed by atoms with Crippen LogP contribution in [0.15, 0.2) is 55.2 Å². The number of alkyl carbamates (subject to hydrolysis) is 1. The van der Waals surface area contributed by atoms with E-state index in [4.69, 9.17) is 9.72 Å². The van der Waals surface area contributed by atoms with Gasteiger partial charge in [0, 0.05) is 50.3 Å². The number of aromatic nitrogens is 5. The summed E-state index contributed by atoms with van der Waals surface area (Å²) >= 11 is 0. The number of aryl methyl sites for hydroxylation is 1. The van der Waals surface area contributed by atoms with E-state index >= 15 is 0 Å². The fourth-order valence-electron chi connectivity index (χ4n) is 4.80. The zero-order valence-electron chi connectivity index (χ0n) is 22.5. The van der Waals surface area contributed by atoms with Gasteiger partial charge in [-0.1, -0.05) is 23.8 Å². The van der Waals surface area contributed by atoms with Gasteiger partial charge in [0.1, 0.15) is 5.60 Å². The largest absolute Gasteiger partial charge is 0.444 e. The lowest BCUT2D eigenvalue weighted by atomic mass is 10.1. The van der Waals surface area contributed by atoms with Crippen LogP contribution >= 0.6 is 0 Å². The average Bonchev–Trinajstić information content (AvgIpc) is 3.54. The number of benzene rings is 1. The zero-order valence-corrected chi connectivity index (χ0v) is 22.5. The molecule has 0 aliphatic carbocycles. The summed E-state index contributed by atoms with van der Waals surface area (Å²) in [6, 6.07) is 8.71. The molecule has 4 heterocycles. The molecule has 10 heteroatoms. The van der Waals surface area contributed by atoms with Crippen molar-refractivity contribution in [2.24, 2.45) is 0 Å². The van der Waals surface area contributed by atoms with Crippen LogP contribution in [0.4, 0.5) is 16.3 Å². The molecule has 0 unspecified atom stereocenters. The Morgan fingerprint density at radius 3 is 2.74 bits per heavy atom. The molecule has 0 spiro atoms. The van der Waals surface area contributed by atoms with Crippen molar-refractivity contribution in [1.82, 2.24) is 34.4 Å². The smallest absolute Gasteiger partial charge is 0.407 e. The van der Waals surface area contributed by atoms with Crippen molar-refractivity contribution in [3.05, 3.63) is 60.8 Å². The second-order valence-electron chi connectivity index (χ2n) is 10.8. The van der Waals surface area contributed by atoms with Crippen molar-refractivity contribution in [1.29, 1.82) is 0 Å². The predicted molar refractivity (Wildman–Crippen MR) is 148 cm³/mol. The summed E-state index contributed by atoms with van der Waals surface area (Å²) in [4.78, 5) is 23.5. The van der Waals surface area contributed by atoms with Crippen LogP contribution in [0.1, 0.15) is 45.2 Å². The minimum absolute atomic E-state index is 0.337. The highest BCUT2D eigenvalue weighted by atomic mass is 16.6. The summed E-state index contributed by atoms with van der Waals surface area (Å²) < 4.78 is 9.40. The van der Waals surface area contributed by atoms with Gasteiger partial charge in [0.15, 0.2) is 11.5 Å². The molecule has 0 atom stereocenters. The van der Waals surface area contributed by atoms with Crippen LogP contribution in [0, 0.1) is 6.92 Å². The van der Waals surface area contributed by atoms with E-state index in [2.05, 4.69) is 61.2 Å². The van der Waals surface area contributed by atoms with Crippen LogP contribution in [0.25, 0.3) is 16.9 Å². The highest BCUT2D eigenvalue weighted by molar-refractivity contribution is 5.74. The van der Waals surface area contributed by atoms with Gasteiger partial charge >= 0.3 is 6.09 Å². The Labute approximate surface area is 223 Å². The van der Waals surface area contributed by atoms with Crippen molar-refractivity contribution < 1.29 is 9.53 Å². The van der Waals surface area contributed by atoms with Crippen molar-refractivity contribution in [2.75, 3.05) is 31.5 Å². The number of nitrogens with zero attached hydrogens (tertiary/aromatic N) is 6. The number of fused-ring (bicyclic) bond motifs is 1. The zero-order chi connectivity index (χ0) is 26.7. The van der Waals surface area contributed by atoms with Crippen molar-refractivity contribution in [2.45, 2.75) is 52.2 Å². The number of rotatable bonds is 7. The van der Waals surface area contributed by atoms with Crippen LogP contribution in [-0.2, 0) is 4.74 Å². The molecule has 200 valence electrons. The van der Waals surface area contributed by atoms with Gasteiger partial charge in [-0.15, -0.1) is 0 Å². The first kappa shape index (κ1) is 25.7. The minimum atomic E-state index is -0.481. The van der Waals surface area contributed by atoms with E-state index in [1.165, 1.54) is 5.56 Å². The number of nitrogens with one attached hydrogen (secondary N) is 2. The van der Waals surface area contributed by atoms with Gasteiger partial charge in [-0.25, -0.2) is 14.8 Å². The Hall–Kier alpha value is -3.92. The number of amides is 1. The molecule has 38 heavy (non-hydrogen) atoms. The lowest BCUT2D eigenvalue weighted by Gasteiger charge is -2.32. The summed E-state index contributed by atoms with van der Waals surface area (Å²) in [5.41, 5.74) is 4.47. The summed E-state index contributed by atoms with van der Waals surface area (Å²) in [6.45, 7) is 11.0. The second kappa shape index (κ2) is 10.8. The molecular formula is C28H36N8O2. The van der Waals surface area contributed by atoms with Gasteiger partial charge in [-0.05, 0) is 46.6 Å². The highest BCUT2D eigenvalue weighted by Crippen LogP contribution is 2.27. The maximum atomic E-state index is 11.8. The Bertz CT molecular complexity index is 1400. The number of carbonyl (C=O) groups is 1. The van der Waals surface area contributed by atoms with E-state index in [1.54, 1.807) is 6.20 Å². The molecule has 1 aliphatic heterocycles. The Balaban J connectivity index is 1.17. The Morgan fingerprint density at radius 1 is 1.16 bits per heavy atom. The molecule has 1 aliphatic rings. The number of anilines is 2. The third-order valence-corrected chi connectivity index (χ3v) is 6.63. The number of likely N-dealkylation sites (tertiary alicyclic amines) is 1. The van der Waals surface area contributed by atoms with Gasteiger partial charge in [-0.3, -0.25) is 9.08 Å². The average molecular weight is 517 g/mol. The third kappa shape index (κ3) is 6.13. The lowest BCUT2D eigenvalue weighted by molar-refractivity contribution is 0.0519. The number of hydrogen-bond donors (Lipinski definition) is 2. The van der Waals surface area contributed by atoms with Crippen LogP contribution in [0.5, 0.6) is 0 Å². The maximum Gasteiger partial charge on any atom is 0.407 e. The topological polar surface area (TPSA) is 102 Å². The SMILES string of the molecule is Cc1cccc(-c2cnc(Nc3cnn(C4CCN(CCNC(=O)OC(C)(C)C)CC4)c3)c3nccn23)c1. The predicted octanol–water partition coefficient (Wildman–Crippen LogP) is 4.81. The Morgan fingerprint density at radius 2 is 1.97 bits per heavy atom. The molecular weight excluding hydrogens is 480 g/mol. The van der Waals surface area contributed by atoms with Gasteiger partial charge in [0.2, 0.25) is 0 Å². The molecule has 5 rings (SSSR count). The van der Waals surface area contributed by atoms with Gasteiger partial charge in [0.05, 0.1) is 29.8 Å². The molecule has 1 fully saturated rings. The fraction of sp³-hybridized carbons (Fsp3) is 0.429. The summed E-state index contributed by atoms with van der Waals surface area (Å²) in [5.74, 6) is 0.693. The minimum Gasteiger partial charge on any atom is -0.444 e. The van der Waals surface area contributed by atoms with Gasteiger partial charge < -0.3 is 20.3 Å². The summed E-state index contributed by atoms with van der Waals surface area (Å²) in [7, 11) is 0. The van der Waals surface area contributed by atoms with E-state index in [9.17, 15) is 4.79 Å². The lowest BCUT2D eigenvalue weighted by Crippen LogP contribution is -2.41. The van der Waals surface area contributed by atoms with Gasteiger partial charge in [0.25, 0.3) is 0 Å². The van der Waals surface area contributed by atoms with Crippen LogP contribution in [0.3, 0.4) is 0 Å². The number of carbonyl (C=O) groups excluding carboxylic acids is 1. The molecule has 4 aromatic rings. The number of piperidine rings is 1. The molecule has 1 amide bonds. The number of hydrogen-bond acceptors (Lipinski definition) is 7. The highest BCUT2D eigenvalue weighted by Gasteiger charge is 2.22. The number of ether oxygens (including phenoxy) is 1. The van der Waals surface area contributed by atoms with Crippen molar-refractivity contribution in [3.63, 3.8) is 0 Å². The summed E-state index contributed by atoms with van der Waals surface area (Å²) in [5, 5.41) is 10.9. The molecule has 0 radical (unpaired) electrons. The molecule has 3 aromatic heterocycles. The first-order valence-corrected chi connectivity index (χ1v) is 13.1. The van der Waals surface area contributed by atoms with Crippen LogP contribution < -0.4 is 10.6 Å². The molecule has 1 aromatic carbocycles. The van der Waals surface area contributed by atoms with Crippen molar-refractivity contribution in [3.8, 4) is 11.3 Å². The van der Waals surface area contributed by atoms with E-state index in [-0.39, 0.29) is 6.09 Å². The molecule has 0 saturated carbocycles. The normalized spacial score (nSPS) is 15.1. The van der Waals surface area contributed by atoms with E-state index in [0.29, 0.717) is 18.4 Å².